The molecular formula is C58H38N4. The minimum Gasteiger partial charge on any atom is -0.310 e. The molecule has 10 aromatic carbocycles. The molecule has 0 unspecified atom stereocenters. The summed E-state index contributed by atoms with van der Waals surface area (Å²) in [5.74, 6) is 0. The lowest BCUT2D eigenvalue weighted by atomic mass is 10.1. The van der Waals surface area contributed by atoms with Crippen LogP contribution in [0.1, 0.15) is 0 Å². The first-order valence-corrected chi connectivity index (χ1v) is 21.3. The molecule has 0 radical (unpaired) electrons. The maximum Gasteiger partial charge on any atom is 0.0562 e. The fourth-order valence-corrected chi connectivity index (χ4v) is 10.0. The van der Waals surface area contributed by atoms with Crippen LogP contribution in [0.5, 0.6) is 0 Å². The Bertz CT molecular complexity index is 3970. The highest BCUT2D eigenvalue weighted by Crippen LogP contribution is 2.38. The molecule has 290 valence electrons. The molecule has 0 saturated heterocycles. The molecule has 13 aromatic rings. The third-order valence-corrected chi connectivity index (χ3v) is 12.7. The van der Waals surface area contributed by atoms with Crippen LogP contribution in [0.2, 0.25) is 0 Å². The second kappa shape index (κ2) is 13.6. The Hall–Kier alpha value is -8.34. The molecule has 13 rings (SSSR count). The van der Waals surface area contributed by atoms with E-state index in [4.69, 9.17) is 0 Å². The number of fused-ring (bicyclic) bond motifs is 11. The number of aromatic nitrogens is 4. The van der Waals surface area contributed by atoms with Crippen LogP contribution in [0.25, 0.3) is 110 Å². The molecule has 3 aromatic heterocycles. The number of hydrogen-bond donors (Lipinski definition) is 0. The van der Waals surface area contributed by atoms with E-state index in [1.807, 2.05) is 0 Å². The zero-order valence-electron chi connectivity index (χ0n) is 33.7. The highest BCUT2D eigenvalue weighted by Gasteiger charge is 2.18. The van der Waals surface area contributed by atoms with Gasteiger partial charge in [0.25, 0.3) is 0 Å². The summed E-state index contributed by atoms with van der Waals surface area (Å²) in [7, 11) is 0. The van der Waals surface area contributed by atoms with Crippen molar-refractivity contribution in [3.63, 3.8) is 0 Å². The maximum atomic E-state index is 2.46. The molecule has 8 bridgehead atoms. The van der Waals surface area contributed by atoms with Gasteiger partial charge in [-0.05, 0) is 125 Å². The van der Waals surface area contributed by atoms with Gasteiger partial charge < -0.3 is 18.3 Å². The summed E-state index contributed by atoms with van der Waals surface area (Å²) in [6.07, 6.45) is 0. The minimum atomic E-state index is 1.09. The first kappa shape index (κ1) is 34.5. The van der Waals surface area contributed by atoms with Crippen molar-refractivity contribution in [3.8, 4) is 22.7 Å². The van der Waals surface area contributed by atoms with Crippen LogP contribution in [-0.2, 0) is 0 Å². The van der Waals surface area contributed by atoms with Crippen LogP contribution < -0.4 is 0 Å². The van der Waals surface area contributed by atoms with Gasteiger partial charge in [0, 0.05) is 66.1 Å². The van der Waals surface area contributed by atoms with Gasteiger partial charge in [-0.15, -0.1) is 0 Å². The van der Waals surface area contributed by atoms with Crippen LogP contribution in [0.15, 0.2) is 231 Å². The van der Waals surface area contributed by atoms with E-state index in [9.17, 15) is 0 Å². The van der Waals surface area contributed by atoms with Gasteiger partial charge in [-0.2, -0.15) is 0 Å². The SMILES string of the molecule is c1ccc(-n2c3cccc(c3)c3cccc(c3)n(-c3ccc4c5ccccc5n(-c5cccc6ccccc56)c4c3)c3ccc4c(c3)c3cc2ccc3n4-c2ccccc2)cc1. The standard InChI is InChI=1S/C58H38N4/c1-3-18-42(19-4-1)59-44-22-11-16-40(34-44)41-17-12-23-45(35-41)60(47-30-33-57-53(37-47)52-36-46(59)29-32-56(52)61(57)43-20-5-2-6-21-43)48-28-31-51-50-25-9-10-26-55(50)62(58(51)38-48)54-27-13-15-39-14-7-8-24-49(39)54/h1-38H. The van der Waals surface area contributed by atoms with Gasteiger partial charge in [-0.3, -0.25) is 0 Å². The van der Waals surface area contributed by atoms with Gasteiger partial charge in [0.15, 0.2) is 0 Å². The Morgan fingerprint density at radius 3 is 1.37 bits per heavy atom. The third kappa shape index (κ3) is 5.27. The van der Waals surface area contributed by atoms with E-state index in [1.54, 1.807) is 0 Å². The fourth-order valence-electron chi connectivity index (χ4n) is 10.0. The predicted molar refractivity (Wildman–Crippen MR) is 261 cm³/mol. The molecule has 0 aliphatic carbocycles. The molecule has 0 atom stereocenters. The van der Waals surface area contributed by atoms with Gasteiger partial charge >= 0.3 is 0 Å². The molecule has 0 spiro atoms. The third-order valence-electron chi connectivity index (χ3n) is 12.7. The Morgan fingerprint density at radius 2 is 0.694 bits per heavy atom. The number of hydrogen-bond acceptors (Lipinski definition) is 0. The maximum absolute atomic E-state index is 2.46. The topological polar surface area (TPSA) is 19.7 Å². The lowest BCUT2D eigenvalue weighted by Gasteiger charge is -2.15. The summed E-state index contributed by atoms with van der Waals surface area (Å²) in [6.45, 7) is 0. The van der Waals surface area contributed by atoms with E-state index in [-0.39, 0.29) is 0 Å². The molecule has 3 heterocycles. The van der Waals surface area contributed by atoms with Crippen molar-refractivity contribution in [1.82, 2.24) is 18.3 Å². The Morgan fingerprint density at radius 1 is 0.210 bits per heavy atom. The number of para-hydroxylation sites is 3. The number of nitrogens with zero attached hydrogens (tertiary/aromatic N) is 4. The molecule has 0 fully saturated rings. The van der Waals surface area contributed by atoms with E-state index >= 15 is 0 Å². The average molecular weight is 791 g/mol. The van der Waals surface area contributed by atoms with Crippen molar-refractivity contribution < 1.29 is 0 Å². The Labute approximate surface area is 357 Å². The van der Waals surface area contributed by atoms with Crippen LogP contribution in [0, 0.1) is 0 Å². The zero-order chi connectivity index (χ0) is 40.7. The average Bonchev–Trinajstić information content (AvgIpc) is 3.84. The highest BCUT2D eigenvalue weighted by molar-refractivity contribution is 6.13. The molecular weight excluding hydrogens is 753 g/mol. The van der Waals surface area contributed by atoms with Crippen LogP contribution >= 0.6 is 0 Å². The van der Waals surface area contributed by atoms with Crippen molar-refractivity contribution in [2.75, 3.05) is 0 Å². The first-order valence-electron chi connectivity index (χ1n) is 21.3. The fraction of sp³-hybridized carbons (Fsp3) is 0. The van der Waals surface area contributed by atoms with Gasteiger partial charge in [0.05, 0.1) is 27.8 Å². The van der Waals surface area contributed by atoms with Gasteiger partial charge in [-0.1, -0.05) is 121 Å². The van der Waals surface area contributed by atoms with Crippen molar-refractivity contribution in [2.24, 2.45) is 0 Å². The summed E-state index contributed by atoms with van der Waals surface area (Å²) in [4.78, 5) is 0. The molecule has 0 aliphatic rings. The largest absolute Gasteiger partial charge is 0.310 e. The zero-order valence-corrected chi connectivity index (χ0v) is 33.7. The lowest BCUT2D eigenvalue weighted by Crippen LogP contribution is -1.99. The number of benzene rings is 10. The summed E-state index contributed by atoms with van der Waals surface area (Å²) in [6, 6.07) is 84.5. The molecule has 0 amide bonds. The monoisotopic (exact) mass is 790 g/mol. The second-order valence-corrected chi connectivity index (χ2v) is 16.2. The predicted octanol–water partition coefficient (Wildman–Crippen LogP) is 15.2. The van der Waals surface area contributed by atoms with Crippen molar-refractivity contribution >= 4 is 87.2 Å². The van der Waals surface area contributed by atoms with Crippen LogP contribution in [-0.4, -0.2) is 18.3 Å². The van der Waals surface area contributed by atoms with Crippen LogP contribution in [0.4, 0.5) is 0 Å². The molecule has 0 aliphatic heterocycles. The summed E-state index contributed by atoms with van der Waals surface area (Å²) < 4.78 is 9.68. The smallest absolute Gasteiger partial charge is 0.0562 e. The summed E-state index contributed by atoms with van der Waals surface area (Å²) >= 11 is 0. The number of rotatable bonds is 4. The van der Waals surface area contributed by atoms with E-state index in [1.165, 1.54) is 43.5 Å². The molecule has 4 nitrogen and oxygen atoms in total. The Balaban J connectivity index is 1.19. The van der Waals surface area contributed by atoms with Crippen molar-refractivity contribution in [1.29, 1.82) is 0 Å². The normalized spacial score (nSPS) is 11.9. The first-order chi connectivity index (χ1) is 30.7. The highest BCUT2D eigenvalue weighted by atomic mass is 15.0. The van der Waals surface area contributed by atoms with E-state index in [0.717, 1.165) is 66.5 Å². The van der Waals surface area contributed by atoms with E-state index in [2.05, 4.69) is 249 Å². The van der Waals surface area contributed by atoms with Gasteiger partial charge in [0.2, 0.25) is 0 Å². The molecule has 4 heteroatoms. The lowest BCUT2D eigenvalue weighted by molar-refractivity contribution is 1.15. The second-order valence-electron chi connectivity index (χ2n) is 16.2. The molecule has 62 heavy (non-hydrogen) atoms. The van der Waals surface area contributed by atoms with Gasteiger partial charge in [-0.25, -0.2) is 0 Å². The van der Waals surface area contributed by atoms with Gasteiger partial charge in [0.1, 0.15) is 0 Å². The van der Waals surface area contributed by atoms with E-state index < -0.39 is 0 Å². The Kier molecular flexibility index (Phi) is 7.57. The van der Waals surface area contributed by atoms with E-state index in [0.29, 0.717) is 0 Å². The quantitative estimate of drug-likeness (QED) is 0.169. The molecule has 0 saturated carbocycles. The summed E-state index contributed by atoms with van der Waals surface area (Å²) in [5, 5.41) is 9.59. The molecule has 0 N–H and O–H groups in total. The minimum absolute atomic E-state index is 1.09. The van der Waals surface area contributed by atoms with Crippen molar-refractivity contribution in [3.05, 3.63) is 231 Å². The van der Waals surface area contributed by atoms with Crippen molar-refractivity contribution in [2.45, 2.75) is 0 Å². The van der Waals surface area contributed by atoms with Crippen LogP contribution in [0.3, 0.4) is 0 Å². The summed E-state index contributed by atoms with van der Waals surface area (Å²) in [5.41, 5.74) is 13.6.